The Kier molecular flexibility index (Phi) is 5.28. The number of fused-ring (bicyclic) bond motifs is 1. The summed E-state index contributed by atoms with van der Waals surface area (Å²) in [6, 6.07) is 8.30. The van der Waals surface area contributed by atoms with E-state index in [1.807, 2.05) is 6.07 Å². The molecule has 28 heavy (non-hydrogen) atoms. The summed E-state index contributed by atoms with van der Waals surface area (Å²) in [5.74, 6) is -1.33. The minimum Gasteiger partial charge on any atom is -0.454 e. The number of carbonyl (C=O) groups excluding carboxylic acids is 2. The van der Waals surface area contributed by atoms with E-state index in [1.165, 1.54) is 5.56 Å². The minimum absolute atomic E-state index is 0.208. The molecule has 0 saturated carbocycles. The van der Waals surface area contributed by atoms with Crippen LogP contribution in [-0.4, -0.2) is 38.0 Å². The van der Waals surface area contributed by atoms with Crippen LogP contribution in [0.15, 0.2) is 41.3 Å². The van der Waals surface area contributed by atoms with Gasteiger partial charge in [0, 0.05) is 17.9 Å². The van der Waals surface area contributed by atoms with Gasteiger partial charge in [-0.2, -0.15) is 0 Å². The first kappa shape index (κ1) is 19.7. The Morgan fingerprint density at radius 1 is 1.07 bits per heavy atom. The Labute approximate surface area is 161 Å². The molecular weight excluding hydrogens is 386 g/mol. The van der Waals surface area contributed by atoms with Crippen LogP contribution >= 0.6 is 0 Å². The lowest BCUT2D eigenvalue weighted by molar-refractivity contribution is -0.387. The first-order chi connectivity index (χ1) is 13.2. The van der Waals surface area contributed by atoms with Crippen LogP contribution in [0.2, 0.25) is 0 Å². The van der Waals surface area contributed by atoms with Gasteiger partial charge in [0.25, 0.3) is 5.69 Å². The van der Waals surface area contributed by atoms with Crippen molar-refractivity contribution < 1.29 is 27.7 Å². The predicted molar refractivity (Wildman–Crippen MR) is 99.3 cm³/mol. The molecule has 9 heteroatoms. The van der Waals surface area contributed by atoms with Gasteiger partial charge in [0.2, 0.25) is 0 Å². The number of Topliss-reactive ketones (excluding diaryl/α,β-unsaturated/α-hetero) is 1. The summed E-state index contributed by atoms with van der Waals surface area (Å²) in [4.78, 5) is 34.2. The maximum atomic E-state index is 12.3. The topological polar surface area (TPSA) is 121 Å². The van der Waals surface area contributed by atoms with Gasteiger partial charge in [-0.1, -0.05) is 12.1 Å². The lowest BCUT2D eigenvalue weighted by Gasteiger charge is -2.07. The highest BCUT2D eigenvalue weighted by Crippen LogP contribution is 2.26. The van der Waals surface area contributed by atoms with Gasteiger partial charge in [-0.25, -0.2) is 13.2 Å². The van der Waals surface area contributed by atoms with Crippen LogP contribution in [0.25, 0.3) is 0 Å². The van der Waals surface area contributed by atoms with E-state index in [9.17, 15) is 28.1 Å². The van der Waals surface area contributed by atoms with Crippen LogP contribution in [0.1, 0.15) is 38.3 Å². The highest BCUT2D eigenvalue weighted by atomic mass is 32.2. The van der Waals surface area contributed by atoms with Crippen LogP contribution in [0, 0.1) is 10.1 Å². The molecule has 0 aromatic heterocycles. The first-order valence-electron chi connectivity index (χ1n) is 8.47. The summed E-state index contributed by atoms with van der Waals surface area (Å²) in [7, 11) is -3.84. The maximum absolute atomic E-state index is 12.3. The number of esters is 1. The Balaban J connectivity index is 1.73. The zero-order chi connectivity index (χ0) is 20.5. The predicted octanol–water partition coefficient (Wildman–Crippen LogP) is 2.53. The Hall–Kier alpha value is -3.07. The van der Waals surface area contributed by atoms with Gasteiger partial charge < -0.3 is 4.74 Å². The number of hydrogen-bond donors (Lipinski definition) is 0. The van der Waals surface area contributed by atoms with E-state index >= 15 is 0 Å². The molecule has 8 nitrogen and oxygen atoms in total. The van der Waals surface area contributed by atoms with Gasteiger partial charge >= 0.3 is 5.97 Å². The van der Waals surface area contributed by atoms with Crippen LogP contribution in [-0.2, 0) is 27.4 Å². The molecule has 0 N–H and O–H groups in total. The van der Waals surface area contributed by atoms with Crippen molar-refractivity contribution in [2.75, 3.05) is 12.9 Å². The molecule has 0 fully saturated rings. The third kappa shape index (κ3) is 4.09. The summed E-state index contributed by atoms with van der Waals surface area (Å²) in [5.41, 5.74) is 1.84. The number of carbonyl (C=O) groups is 2. The molecule has 0 atom stereocenters. The molecule has 0 heterocycles. The Morgan fingerprint density at radius 3 is 2.43 bits per heavy atom. The van der Waals surface area contributed by atoms with Crippen LogP contribution in [0.4, 0.5) is 5.69 Å². The molecule has 2 aromatic rings. The summed E-state index contributed by atoms with van der Waals surface area (Å²) in [5, 5.41) is 11.1. The second kappa shape index (κ2) is 7.51. The number of nitro groups is 1. The molecule has 1 aliphatic rings. The fourth-order valence-electron chi connectivity index (χ4n) is 3.14. The van der Waals surface area contributed by atoms with Gasteiger partial charge in [0.15, 0.2) is 22.2 Å². The van der Waals surface area contributed by atoms with Crippen molar-refractivity contribution in [1.29, 1.82) is 0 Å². The number of ether oxygens (including phenoxy) is 1. The van der Waals surface area contributed by atoms with Gasteiger partial charge in [-0.15, -0.1) is 0 Å². The number of aryl methyl sites for hydroxylation is 2. The number of nitro benzene ring substituents is 1. The van der Waals surface area contributed by atoms with Crippen molar-refractivity contribution in [3.63, 3.8) is 0 Å². The van der Waals surface area contributed by atoms with E-state index in [1.54, 1.807) is 12.1 Å². The SMILES string of the molecule is CS(=O)(=O)c1ccc(C(=O)OCC(=O)c2ccc3c(c2)CCC3)cc1[N+](=O)[O-]. The molecule has 0 unspecified atom stereocenters. The molecule has 0 aliphatic heterocycles. The minimum atomic E-state index is -3.84. The molecule has 0 amide bonds. The van der Waals surface area contributed by atoms with E-state index in [0.717, 1.165) is 49.3 Å². The summed E-state index contributed by atoms with van der Waals surface area (Å²) < 4.78 is 28.2. The molecule has 0 radical (unpaired) electrons. The number of benzene rings is 2. The van der Waals surface area contributed by atoms with Crippen molar-refractivity contribution in [3.8, 4) is 0 Å². The largest absolute Gasteiger partial charge is 0.454 e. The highest BCUT2D eigenvalue weighted by Gasteiger charge is 2.25. The summed E-state index contributed by atoms with van der Waals surface area (Å²) >= 11 is 0. The van der Waals surface area contributed by atoms with Gasteiger partial charge in [-0.05, 0) is 48.6 Å². The van der Waals surface area contributed by atoms with E-state index < -0.39 is 37.9 Å². The van der Waals surface area contributed by atoms with Crippen LogP contribution < -0.4 is 0 Å². The lowest BCUT2D eigenvalue weighted by atomic mass is 10.0. The fourth-order valence-corrected chi connectivity index (χ4v) is 3.97. The van der Waals surface area contributed by atoms with Crippen LogP contribution in [0.3, 0.4) is 0 Å². The van der Waals surface area contributed by atoms with E-state index in [2.05, 4.69) is 0 Å². The summed E-state index contributed by atoms with van der Waals surface area (Å²) in [6.07, 6.45) is 3.78. The molecule has 2 aromatic carbocycles. The van der Waals surface area contributed by atoms with Crippen molar-refractivity contribution in [1.82, 2.24) is 0 Å². The maximum Gasteiger partial charge on any atom is 0.338 e. The molecule has 1 aliphatic carbocycles. The second-order valence-corrected chi connectivity index (χ2v) is 8.53. The van der Waals surface area contributed by atoms with E-state index in [4.69, 9.17) is 4.74 Å². The fraction of sp³-hybridized carbons (Fsp3) is 0.263. The standard InChI is InChI=1S/C19H17NO7S/c1-28(25,26)18-8-7-15(10-16(18)20(23)24)19(22)27-11-17(21)14-6-5-12-3-2-4-13(12)9-14/h5-10H,2-4,11H2,1H3. The average molecular weight is 403 g/mol. The van der Waals surface area contributed by atoms with Crippen molar-refractivity contribution >= 4 is 27.3 Å². The lowest BCUT2D eigenvalue weighted by Crippen LogP contribution is -2.15. The number of nitrogens with zero attached hydrogens (tertiary/aromatic N) is 1. The zero-order valence-corrected chi connectivity index (χ0v) is 15.8. The second-order valence-electron chi connectivity index (χ2n) is 6.55. The molecule has 0 bridgehead atoms. The Bertz CT molecular complexity index is 1090. The van der Waals surface area contributed by atoms with Crippen LogP contribution in [0.5, 0.6) is 0 Å². The van der Waals surface area contributed by atoms with Crippen molar-refractivity contribution in [2.24, 2.45) is 0 Å². The molecule has 146 valence electrons. The molecule has 3 rings (SSSR count). The highest BCUT2D eigenvalue weighted by molar-refractivity contribution is 7.90. The number of rotatable bonds is 6. The monoisotopic (exact) mass is 403 g/mol. The Morgan fingerprint density at radius 2 is 1.75 bits per heavy atom. The smallest absolute Gasteiger partial charge is 0.338 e. The third-order valence-corrected chi connectivity index (χ3v) is 5.69. The first-order valence-corrected chi connectivity index (χ1v) is 10.4. The average Bonchev–Trinajstić information content (AvgIpc) is 3.12. The number of ketones is 1. The van der Waals surface area contributed by atoms with Crippen molar-refractivity contribution in [3.05, 3.63) is 68.8 Å². The van der Waals surface area contributed by atoms with Gasteiger partial charge in [-0.3, -0.25) is 14.9 Å². The van der Waals surface area contributed by atoms with Gasteiger partial charge in [0.05, 0.1) is 10.5 Å². The zero-order valence-electron chi connectivity index (χ0n) is 15.0. The van der Waals surface area contributed by atoms with E-state index in [-0.39, 0.29) is 11.3 Å². The quantitative estimate of drug-likeness (QED) is 0.314. The van der Waals surface area contributed by atoms with Crippen molar-refractivity contribution in [2.45, 2.75) is 24.2 Å². The third-order valence-electron chi connectivity index (χ3n) is 4.55. The molecule has 0 spiro atoms. The van der Waals surface area contributed by atoms with E-state index in [0.29, 0.717) is 5.56 Å². The number of hydrogen-bond acceptors (Lipinski definition) is 7. The molecule has 0 saturated heterocycles. The van der Waals surface area contributed by atoms with Gasteiger partial charge in [0.1, 0.15) is 4.90 Å². The molecular formula is C19H17NO7S. The normalized spacial score (nSPS) is 13.0. The summed E-state index contributed by atoms with van der Waals surface area (Å²) in [6.45, 7) is -0.515. The number of sulfone groups is 1.